The second-order valence-electron chi connectivity index (χ2n) is 3.49. The number of nitrogens with two attached hydrogens (primary N) is 1. The van der Waals surface area contributed by atoms with Crippen LogP contribution in [-0.4, -0.2) is 17.0 Å². The Hall–Kier alpha value is -1.94. The van der Waals surface area contributed by atoms with E-state index in [1.54, 1.807) is 12.4 Å². The van der Waals surface area contributed by atoms with Gasteiger partial charge in [-0.1, -0.05) is 12.1 Å². The summed E-state index contributed by atoms with van der Waals surface area (Å²) in [6.45, 7) is 0. The fraction of sp³-hybridized carbons (Fsp3) is 0.167. The Labute approximate surface area is 94.5 Å². The molecule has 82 valence electrons. The molecule has 1 atom stereocenters. The van der Waals surface area contributed by atoms with Crippen molar-refractivity contribution >= 4 is 5.82 Å². The van der Waals surface area contributed by atoms with Gasteiger partial charge < -0.3 is 11.1 Å². The molecule has 0 fully saturated rings. The molecule has 4 nitrogen and oxygen atoms in total. The first kappa shape index (κ1) is 10.6. The zero-order chi connectivity index (χ0) is 11.4. The molecule has 2 aromatic heterocycles. The van der Waals surface area contributed by atoms with Gasteiger partial charge in [0, 0.05) is 24.2 Å². The van der Waals surface area contributed by atoms with Gasteiger partial charge in [0.15, 0.2) is 0 Å². The van der Waals surface area contributed by atoms with Crippen LogP contribution in [0.25, 0.3) is 0 Å². The van der Waals surface area contributed by atoms with Gasteiger partial charge in [-0.3, -0.25) is 4.98 Å². The van der Waals surface area contributed by atoms with Crippen LogP contribution >= 0.6 is 0 Å². The van der Waals surface area contributed by atoms with E-state index >= 15 is 0 Å². The van der Waals surface area contributed by atoms with Crippen molar-refractivity contribution in [2.75, 3.05) is 12.8 Å². The average Bonchev–Trinajstić information content (AvgIpc) is 2.34. The van der Waals surface area contributed by atoms with Crippen molar-refractivity contribution in [3.05, 3.63) is 54.0 Å². The molecule has 0 aromatic carbocycles. The predicted molar refractivity (Wildman–Crippen MR) is 63.8 cm³/mol. The maximum absolute atomic E-state index is 5.86. The molecular weight excluding hydrogens is 200 g/mol. The molecule has 0 saturated heterocycles. The van der Waals surface area contributed by atoms with E-state index in [9.17, 15) is 0 Å². The summed E-state index contributed by atoms with van der Waals surface area (Å²) in [4.78, 5) is 8.20. The predicted octanol–water partition coefficient (Wildman–Crippen LogP) is 1.37. The van der Waals surface area contributed by atoms with Crippen molar-refractivity contribution in [3.8, 4) is 0 Å². The minimum absolute atomic E-state index is 0.0300. The summed E-state index contributed by atoms with van der Waals surface area (Å²) < 4.78 is 0. The molecule has 0 bridgehead atoms. The highest BCUT2D eigenvalue weighted by atomic mass is 14.9. The number of hydrogen-bond acceptors (Lipinski definition) is 4. The highest BCUT2D eigenvalue weighted by molar-refractivity contribution is 5.44. The molecule has 0 amide bonds. The molecule has 0 aliphatic carbocycles. The summed E-state index contributed by atoms with van der Waals surface area (Å²) >= 11 is 0. The van der Waals surface area contributed by atoms with Crippen LogP contribution in [0.1, 0.15) is 17.2 Å². The van der Waals surface area contributed by atoms with E-state index in [4.69, 9.17) is 5.73 Å². The van der Waals surface area contributed by atoms with Crippen molar-refractivity contribution in [1.29, 1.82) is 0 Å². The summed E-state index contributed by atoms with van der Waals surface area (Å²) in [5.74, 6) is 0.547. The molecule has 2 heterocycles. The Bertz CT molecular complexity index is 456. The third-order valence-corrected chi connectivity index (χ3v) is 2.49. The molecule has 16 heavy (non-hydrogen) atoms. The van der Waals surface area contributed by atoms with Crippen LogP contribution in [-0.2, 0) is 0 Å². The van der Waals surface area contributed by atoms with Gasteiger partial charge in [-0.05, 0) is 24.7 Å². The highest BCUT2D eigenvalue weighted by Crippen LogP contribution is 2.23. The lowest BCUT2D eigenvalue weighted by Crippen LogP contribution is -2.19. The van der Waals surface area contributed by atoms with Gasteiger partial charge in [-0.2, -0.15) is 0 Å². The fourth-order valence-corrected chi connectivity index (χ4v) is 1.72. The number of anilines is 1. The molecule has 0 aliphatic rings. The van der Waals surface area contributed by atoms with Crippen LogP contribution in [0.2, 0.25) is 0 Å². The Morgan fingerprint density at radius 3 is 2.69 bits per heavy atom. The van der Waals surface area contributed by atoms with Gasteiger partial charge in [0.2, 0.25) is 0 Å². The average molecular weight is 214 g/mol. The topological polar surface area (TPSA) is 63.8 Å². The molecule has 2 aromatic rings. The number of nitrogens with one attached hydrogen (secondary N) is 1. The Kier molecular flexibility index (Phi) is 3.12. The number of rotatable bonds is 3. The third kappa shape index (κ3) is 2.01. The van der Waals surface area contributed by atoms with Gasteiger partial charge in [-0.25, -0.2) is 4.98 Å². The number of nitrogen functional groups attached to an aromatic ring is 1. The number of aromatic nitrogens is 2. The minimum atomic E-state index is 0.0300. The van der Waals surface area contributed by atoms with Crippen LogP contribution < -0.4 is 11.1 Å². The Balaban J connectivity index is 2.41. The minimum Gasteiger partial charge on any atom is -0.383 e. The number of hydrogen-bond donors (Lipinski definition) is 2. The third-order valence-electron chi connectivity index (χ3n) is 2.49. The normalized spacial score (nSPS) is 12.3. The quantitative estimate of drug-likeness (QED) is 0.810. The van der Waals surface area contributed by atoms with Crippen molar-refractivity contribution in [3.63, 3.8) is 0 Å². The largest absolute Gasteiger partial charge is 0.383 e. The van der Waals surface area contributed by atoms with Crippen molar-refractivity contribution in [2.24, 2.45) is 0 Å². The standard InChI is InChI=1S/C12H14N4/c1-14-11(9-4-2-6-15-8-9)10-5-3-7-16-12(10)13/h2-8,11,14H,1H3,(H2,13,16). The molecule has 2 rings (SSSR count). The van der Waals surface area contributed by atoms with E-state index in [-0.39, 0.29) is 6.04 Å². The zero-order valence-electron chi connectivity index (χ0n) is 9.09. The van der Waals surface area contributed by atoms with E-state index < -0.39 is 0 Å². The van der Waals surface area contributed by atoms with Crippen molar-refractivity contribution in [2.45, 2.75) is 6.04 Å². The highest BCUT2D eigenvalue weighted by Gasteiger charge is 2.14. The summed E-state index contributed by atoms with van der Waals surface area (Å²) in [5.41, 5.74) is 7.91. The van der Waals surface area contributed by atoms with Gasteiger partial charge >= 0.3 is 0 Å². The number of nitrogens with zero attached hydrogens (tertiary/aromatic N) is 2. The monoisotopic (exact) mass is 214 g/mol. The van der Waals surface area contributed by atoms with E-state index in [1.165, 1.54) is 0 Å². The summed E-state index contributed by atoms with van der Waals surface area (Å²) in [6, 6.07) is 7.80. The van der Waals surface area contributed by atoms with E-state index in [0.717, 1.165) is 11.1 Å². The van der Waals surface area contributed by atoms with Gasteiger partial charge in [0.05, 0.1) is 6.04 Å². The molecule has 0 spiro atoms. The van der Waals surface area contributed by atoms with E-state index in [0.29, 0.717) is 5.82 Å². The van der Waals surface area contributed by atoms with Crippen LogP contribution in [0, 0.1) is 0 Å². The second-order valence-corrected chi connectivity index (χ2v) is 3.49. The first-order chi connectivity index (χ1) is 7.83. The molecule has 1 unspecified atom stereocenters. The fourth-order valence-electron chi connectivity index (χ4n) is 1.72. The van der Waals surface area contributed by atoms with Gasteiger partial charge in [0.1, 0.15) is 5.82 Å². The lowest BCUT2D eigenvalue weighted by Gasteiger charge is -2.17. The summed E-state index contributed by atoms with van der Waals surface area (Å²) in [6.07, 6.45) is 5.27. The van der Waals surface area contributed by atoms with Crippen LogP contribution in [0.4, 0.5) is 5.82 Å². The maximum atomic E-state index is 5.86. The van der Waals surface area contributed by atoms with Crippen LogP contribution in [0.5, 0.6) is 0 Å². The maximum Gasteiger partial charge on any atom is 0.128 e. The van der Waals surface area contributed by atoms with Crippen LogP contribution in [0.3, 0.4) is 0 Å². The molecule has 0 radical (unpaired) electrons. The molecular formula is C12H14N4. The SMILES string of the molecule is CNC(c1cccnc1)c1cccnc1N. The first-order valence-corrected chi connectivity index (χ1v) is 5.10. The Morgan fingerprint density at radius 2 is 2.06 bits per heavy atom. The van der Waals surface area contributed by atoms with Gasteiger partial charge in [0.25, 0.3) is 0 Å². The van der Waals surface area contributed by atoms with Crippen molar-refractivity contribution in [1.82, 2.24) is 15.3 Å². The zero-order valence-corrected chi connectivity index (χ0v) is 9.09. The smallest absolute Gasteiger partial charge is 0.128 e. The van der Waals surface area contributed by atoms with Crippen LogP contribution in [0.15, 0.2) is 42.9 Å². The lowest BCUT2D eigenvalue weighted by molar-refractivity contribution is 0.688. The van der Waals surface area contributed by atoms with Crippen molar-refractivity contribution < 1.29 is 0 Å². The summed E-state index contributed by atoms with van der Waals surface area (Å²) in [7, 11) is 1.89. The summed E-state index contributed by atoms with van der Waals surface area (Å²) in [5, 5.41) is 3.22. The van der Waals surface area contributed by atoms with E-state index in [1.807, 2.05) is 37.5 Å². The lowest BCUT2D eigenvalue weighted by atomic mass is 10.0. The molecule has 3 N–H and O–H groups in total. The Morgan fingerprint density at radius 1 is 1.25 bits per heavy atom. The first-order valence-electron chi connectivity index (χ1n) is 5.10. The van der Waals surface area contributed by atoms with Gasteiger partial charge in [-0.15, -0.1) is 0 Å². The number of pyridine rings is 2. The molecule has 0 aliphatic heterocycles. The second kappa shape index (κ2) is 4.72. The molecule has 4 heteroatoms. The van der Waals surface area contributed by atoms with E-state index in [2.05, 4.69) is 15.3 Å². The molecule has 0 saturated carbocycles.